The Balaban J connectivity index is 1.88. The zero-order valence-corrected chi connectivity index (χ0v) is 9.98. The van der Waals surface area contributed by atoms with Crippen molar-refractivity contribution < 1.29 is 8.78 Å². The van der Waals surface area contributed by atoms with E-state index in [0.717, 1.165) is 6.07 Å². The molecule has 2 aromatic heterocycles. The number of nitrogens with zero attached hydrogens (tertiary/aromatic N) is 4. The maximum atomic E-state index is 13.4. The number of hydrogen-bond acceptors (Lipinski definition) is 6. The largest absolute Gasteiger partial charge is 0.367 e. The Hall–Kier alpha value is -2.29. The number of anilines is 2. The molecule has 0 aliphatic heterocycles. The van der Waals surface area contributed by atoms with E-state index in [1.54, 1.807) is 17.1 Å². The number of nitrogen functional groups attached to an aromatic ring is 1. The Morgan fingerprint density at radius 2 is 2.05 bits per heavy atom. The smallest absolute Gasteiger partial charge is 0.178 e. The molecule has 0 unspecified atom stereocenters. The molecule has 19 heavy (non-hydrogen) atoms. The molecular weight excluding hydrogens is 256 g/mol. The van der Waals surface area contributed by atoms with Gasteiger partial charge in [0, 0.05) is 25.4 Å². The molecule has 0 radical (unpaired) electrons. The predicted molar refractivity (Wildman–Crippen MR) is 65.1 cm³/mol. The van der Waals surface area contributed by atoms with Crippen LogP contribution in [0.15, 0.2) is 18.5 Å². The van der Waals surface area contributed by atoms with E-state index in [2.05, 4.69) is 26.0 Å². The van der Waals surface area contributed by atoms with Crippen molar-refractivity contribution in [2.75, 3.05) is 17.3 Å². The van der Waals surface area contributed by atoms with E-state index in [4.69, 9.17) is 5.84 Å². The number of hydrogen-bond donors (Lipinski definition) is 3. The predicted octanol–water partition coefficient (Wildman–Crippen LogP) is 0.739. The number of hydrazine groups is 1. The standard InChI is InChI=1S/C10H13F2N7/c11-7-6-8(12)10(17-13)16-9(7)14-2-1-4-19-5-3-15-18-19/h3,5-6H,1-2,4,13H2,(H2,14,16,17). The lowest BCUT2D eigenvalue weighted by Crippen LogP contribution is -2.14. The summed E-state index contributed by atoms with van der Waals surface area (Å²) in [7, 11) is 0. The second-order valence-corrected chi connectivity index (χ2v) is 3.74. The van der Waals surface area contributed by atoms with E-state index in [1.807, 2.05) is 0 Å². The topological polar surface area (TPSA) is 93.7 Å². The molecule has 102 valence electrons. The summed E-state index contributed by atoms with van der Waals surface area (Å²) in [4.78, 5) is 3.69. The van der Waals surface area contributed by atoms with Crippen molar-refractivity contribution in [1.29, 1.82) is 0 Å². The monoisotopic (exact) mass is 269 g/mol. The van der Waals surface area contributed by atoms with Crippen LogP contribution in [0.25, 0.3) is 0 Å². The first kappa shape index (κ1) is 13.1. The Kier molecular flexibility index (Phi) is 4.18. The summed E-state index contributed by atoms with van der Waals surface area (Å²) in [5.41, 5.74) is 2.06. The number of nitrogens with two attached hydrogens (primary N) is 1. The maximum absolute atomic E-state index is 13.4. The van der Waals surface area contributed by atoms with Crippen LogP contribution in [-0.4, -0.2) is 26.5 Å². The third kappa shape index (κ3) is 3.35. The van der Waals surface area contributed by atoms with Gasteiger partial charge in [-0.15, -0.1) is 5.10 Å². The summed E-state index contributed by atoms with van der Waals surface area (Å²) in [6.07, 6.45) is 3.99. The van der Waals surface area contributed by atoms with Crippen molar-refractivity contribution in [1.82, 2.24) is 20.0 Å². The molecule has 2 rings (SSSR count). The van der Waals surface area contributed by atoms with Gasteiger partial charge in [-0.05, 0) is 6.42 Å². The molecule has 0 bridgehead atoms. The van der Waals surface area contributed by atoms with Crippen LogP contribution in [0.5, 0.6) is 0 Å². The average molecular weight is 269 g/mol. The lowest BCUT2D eigenvalue weighted by molar-refractivity contribution is 0.563. The normalized spacial score (nSPS) is 10.5. The van der Waals surface area contributed by atoms with Crippen LogP contribution < -0.4 is 16.6 Å². The van der Waals surface area contributed by atoms with Gasteiger partial charge in [-0.25, -0.2) is 19.6 Å². The number of halogens is 2. The van der Waals surface area contributed by atoms with Crippen molar-refractivity contribution in [3.05, 3.63) is 30.1 Å². The van der Waals surface area contributed by atoms with Crippen LogP contribution in [0.3, 0.4) is 0 Å². The lowest BCUT2D eigenvalue weighted by Gasteiger charge is -2.09. The van der Waals surface area contributed by atoms with Crippen molar-refractivity contribution in [3.63, 3.8) is 0 Å². The molecule has 0 fully saturated rings. The highest BCUT2D eigenvalue weighted by Gasteiger charge is 2.10. The van der Waals surface area contributed by atoms with E-state index in [1.165, 1.54) is 0 Å². The van der Waals surface area contributed by atoms with Crippen molar-refractivity contribution >= 4 is 11.6 Å². The van der Waals surface area contributed by atoms with Crippen LogP contribution in [0.2, 0.25) is 0 Å². The number of aryl methyl sites for hydroxylation is 1. The summed E-state index contributed by atoms with van der Waals surface area (Å²) < 4.78 is 28.2. The van der Waals surface area contributed by atoms with Crippen LogP contribution in [0, 0.1) is 11.6 Å². The molecule has 4 N–H and O–H groups in total. The molecule has 0 saturated heterocycles. The fourth-order valence-corrected chi connectivity index (χ4v) is 1.49. The quantitative estimate of drug-likeness (QED) is 0.407. The van der Waals surface area contributed by atoms with Crippen LogP contribution in [-0.2, 0) is 6.54 Å². The third-order valence-corrected chi connectivity index (χ3v) is 2.39. The summed E-state index contributed by atoms with van der Waals surface area (Å²) in [6, 6.07) is 0.724. The number of nitrogens with one attached hydrogen (secondary N) is 2. The van der Waals surface area contributed by atoms with Crippen LogP contribution in [0.4, 0.5) is 20.4 Å². The molecule has 9 heteroatoms. The molecule has 0 amide bonds. The highest BCUT2D eigenvalue weighted by Crippen LogP contribution is 2.17. The Morgan fingerprint density at radius 1 is 1.26 bits per heavy atom. The summed E-state index contributed by atoms with van der Waals surface area (Å²) in [6.45, 7) is 1.09. The van der Waals surface area contributed by atoms with Crippen LogP contribution >= 0.6 is 0 Å². The fourth-order valence-electron chi connectivity index (χ4n) is 1.49. The molecule has 0 aliphatic rings. The Bertz CT molecular complexity index is 529. The summed E-state index contributed by atoms with van der Waals surface area (Å²) >= 11 is 0. The van der Waals surface area contributed by atoms with Gasteiger partial charge < -0.3 is 10.7 Å². The first-order chi connectivity index (χ1) is 9.20. The van der Waals surface area contributed by atoms with Crippen molar-refractivity contribution in [2.45, 2.75) is 13.0 Å². The maximum Gasteiger partial charge on any atom is 0.178 e. The van der Waals surface area contributed by atoms with Crippen molar-refractivity contribution in [3.8, 4) is 0 Å². The zero-order chi connectivity index (χ0) is 13.7. The molecule has 0 aromatic carbocycles. The second kappa shape index (κ2) is 6.05. The fraction of sp³-hybridized carbons (Fsp3) is 0.300. The summed E-state index contributed by atoms with van der Waals surface area (Å²) in [5.74, 6) is 3.20. The minimum Gasteiger partial charge on any atom is -0.367 e. The van der Waals surface area contributed by atoms with E-state index in [0.29, 0.717) is 19.5 Å². The minimum absolute atomic E-state index is 0.0482. The first-order valence-electron chi connectivity index (χ1n) is 5.61. The molecule has 0 saturated carbocycles. The van der Waals surface area contributed by atoms with Crippen LogP contribution in [0.1, 0.15) is 6.42 Å². The minimum atomic E-state index is -0.840. The number of pyridine rings is 1. The average Bonchev–Trinajstić information content (AvgIpc) is 2.90. The van der Waals surface area contributed by atoms with Gasteiger partial charge in [0.25, 0.3) is 0 Å². The molecule has 2 heterocycles. The third-order valence-electron chi connectivity index (χ3n) is 2.39. The van der Waals surface area contributed by atoms with Gasteiger partial charge in [0.2, 0.25) is 0 Å². The van der Waals surface area contributed by atoms with E-state index < -0.39 is 11.6 Å². The molecule has 0 aliphatic carbocycles. The van der Waals surface area contributed by atoms with Gasteiger partial charge in [0.05, 0.1) is 6.20 Å². The van der Waals surface area contributed by atoms with Gasteiger partial charge in [0.15, 0.2) is 23.3 Å². The van der Waals surface area contributed by atoms with Gasteiger partial charge in [-0.3, -0.25) is 4.68 Å². The molecular formula is C10H13F2N7. The number of rotatable bonds is 6. The van der Waals surface area contributed by atoms with E-state index >= 15 is 0 Å². The van der Waals surface area contributed by atoms with E-state index in [9.17, 15) is 8.78 Å². The summed E-state index contributed by atoms with van der Waals surface area (Å²) in [5, 5.41) is 10.2. The van der Waals surface area contributed by atoms with Gasteiger partial charge in [-0.2, -0.15) is 0 Å². The highest BCUT2D eigenvalue weighted by molar-refractivity contribution is 5.46. The van der Waals surface area contributed by atoms with Gasteiger partial charge >= 0.3 is 0 Å². The Morgan fingerprint density at radius 3 is 2.74 bits per heavy atom. The van der Waals surface area contributed by atoms with Gasteiger partial charge in [0.1, 0.15) is 0 Å². The van der Waals surface area contributed by atoms with Gasteiger partial charge in [-0.1, -0.05) is 5.21 Å². The van der Waals surface area contributed by atoms with Crippen molar-refractivity contribution in [2.24, 2.45) is 5.84 Å². The number of aromatic nitrogens is 4. The molecule has 2 aromatic rings. The lowest BCUT2D eigenvalue weighted by atomic mass is 10.3. The molecule has 0 atom stereocenters. The molecule has 0 spiro atoms. The molecule has 7 nitrogen and oxygen atoms in total. The second-order valence-electron chi connectivity index (χ2n) is 3.74. The zero-order valence-electron chi connectivity index (χ0n) is 9.98. The SMILES string of the molecule is NNc1nc(NCCCn2ccnn2)c(F)cc1F. The van der Waals surface area contributed by atoms with E-state index in [-0.39, 0.29) is 11.6 Å². The Labute approximate surface area is 107 Å². The first-order valence-corrected chi connectivity index (χ1v) is 5.61. The highest BCUT2D eigenvalue weighted by atomic mass is 19.1.